The number of amides is 1. The molecule has 8 heteroatoms. The number of aryl methyl sites for hydroxylation is 1. The van der Waals surface area contributed by atoms with Gasteiger partial charge in [0, 0.05) is 12.8 Å². The average molecular weight is 457 g/mol. The predicted octanol–water partition coefficient (Wildman–Crippen LogP) is 3.52. The average Bonchev–Trinajstić information content (AvgIpc) is 2.74. The van der Waals surface area contributed by atoms with Crippen LogP contribution in [-0.4, -0.2) is 52.9 Å². The van der Waals surface area contributed by atoms with Gasteiger partial charge in [0.2, 0.25) is 0 Å². The smallest absolute Gasteiger partial charge is 0.425 e. The normalized spacial score (nSPS) is 13.0. The fraction of sp³-hybridized carbons (Fsp3) is 0.400. The highest BCUT2D eigenvalue weighted by Crippen LogP contribution is 2.16. The number of esters is 1. The van der Waals surface area contributed by atoms with E-state index in [4.69, 9.17) is 9.47 Å². The fourth-order valence-electron chi connectivity index (χ4n) is 3.27. The molecule has 0 saturated carbocycles. The number of hydrazine groups is 1. The van der Waals surface area contributed by atoms with E-state index < -0.39 is 35.7 Å². The number of carbonyl (C=O) groups excluding carboxylic acids is 2. The van der Waals surface area contributed by atoms with Crippen LogP contribution in [0.1, 0.15) is 37.5 Å². The van der Waals surface area contributed by atoms with Crippen LogP contribution in [-0.2, 0) is 31.9 Å². The molecule has 0 aliphatic rings. The molecular formula is C25H32N2O6. The number of methoxy groups -OCH3 is 1. The summed E-state index contributed by atoms with van der Waals surface area (Å²) < 4.78 is 10.4. The fourth-order valence-corrected chi connectivity index (χ4v) is 3.27. The summed E-state index contributed by atoms with van der Waals surface area (Å²) in [5.74, 6) is -1.87. The van der Waals surface area contributed by atoms with Crippen LogP contribution in [0.5, 0.6) is 0 Å². The van der Waals surface area contributed by atoms with Gasteiger partial charge in [-0.3, -0.25) is 4.79 Å². The number of aliphatic carboxylic acids is 1. The Morgan fingerprint density at radius 1 is 1.00 bits per heavy atom. The number of ether oxygens (including phenoxy) is 2. The maximum atomic E-state index is 13.1. The molecule has 0 heterocycles. The van der Waals surface area contributed by atoms with Crippen LogP contribution in [0.3, 0.4) is 0 Å². The van der Waals surface area contributed by atoms with Crippen molar-refractivity contribution in [3.8, 4) is 0 Å². The lowest BCUT2D eigenvalue weighted by molar-refractivity contribution is -0.151. The van der Waals surface area contributed by atoms with Crippen molar-refractivity contribution in [2.75, 3.05) is 7.11 Å². The summed E-state index contributed by atoms with van der Waals surface area (Å²) in [6, 6.07) is 14.2. The minimum Gasteiger partial charge on any atom is -0.480 e. The molecule has 0 fully saturated rings. The molecule has 0 spiro atoms. The summed E-state index contributed by atoms with van der Waals surface area (Å²) in [7, 11) is 1.22. The van der Waals surface area contributed by atoms with Crippen molar-refractivity contribution in [1.29, 1.82) is 0 Å². The van der Waals surface area contributed by atoms with Crippen LogP contribution in [0.25, 0.3) is 0 Å². The van der Waals surface area contributed by atoms with E-state index in [-0.39, 0.29) is 12.8 Å². The molecule has 8 nitrogen and oxygen atoms in total. The van der Waals surface area contributed by atoms with Crippen molar-refractivity contribution in [2.45, 2.75) is 58.2 Å². The van der Waals surface area contributed by atoms with Gasteiger partial charge in [-0.15, -0.1) is 0 Å². The number of carboxylic acids is 1. The molecule has 0 aliphatic carbocycles. The molecule has 2 atom stereocenters. The van der Waals surface area contributed by atoms with Gasteiger partial charge in [-0.05, 0) is 38.8 Å². The van der Waals surface area contributed by atoms with Crippen LogP contribution < -0.4 is 5.43 Å². The van der Waals surface area contributed by atoms with Crippen molar-refractivity contribution < 1.29 is 29.0 Å². The van der Waals surface area contributed by atoms with Crippen molar-refractivity contribution in [1.82, 2.24) is 10.4 Å². The van der Waals surface area contributed by atoms with Gasteiger partial charge >= 0.3 is 18.0 Å². The lowest BCUT2D eigenvalue weighted by Crippen LogP contribution is -2.60. The summed E-state index contributed by atoms with van der Waals surface area (Å²) in [6.45, 7) is 6.98. The Morgan fingerprint density at radius 3 is 2.18 bits per heavy atom. The number of carbonyl (C=O) groups is 3. The van der Waals surface area contributed by atoms with E-state index in [2.05, 4.69) is 5.43 Å². The molecular weight excluding hydrogens is 424 g/mol. The molecule has 0 bridgehead atoms. The molecule has 0 unspecified atom stereocenters. The number of benzene rings is 2. The highest BCUT2D eigenvalue weighted by molar-refractivity contribution is 5.82. The first-order valence-electron chi connectivity index (χ1n) is 10.7. The van der Waals surface area contributed by atoms with E-state index in [9.17, 15) is 19.5 Å². The van der Waals surface area contributed by atoms with E-state index >= 15 is 0 Å². The molecule has 2 N–H and O–H groups in total. The van der Waals surface area contributed by atoms with Gasteiger partial charge in [0.15, 0.2) is 6.04 Å². The Labute approximate surface area is 194 Å². The molecule has 1 amide bonds. The first-order chi connectivity index (χ1) is 15.5. The molecule has 0 saturated heterocycles. The van der Waals surface area contributed by atoms with Crippen LogP contribution in [0.2, 0.25) is 0 Å². The van der Waals surface area contributed by atoms with Gasteiger partial charge in [0.05, 0.1) is 7.11 Å². The van der Waals surface area contributed by atoms with E-state index in [0.717, 1.165) is 21.7 Å². The van der Waals surface area contributed by atoms with E-state index in [1.807, 2.05) is 61.5 Å². The Kier molecular flexibility index (Phi) is 8.99. The summed E-state index contributed by atoms with van der Waals surface area (Å²) in [4.78, 5) is 37.9. The predicted molar refractivity (Wildman–Crippen MR) is 123 cm³/mol. The van der Waals surface area contributed by atoms with E-state index in [1.165, 1.54) is 7.11 Å². The lowest BCUT2D eigenvalue weighted by Gasteiger charge is -2.34. The zero-order chi connectivity index (χ0) is 24.6. The number of hydrogen-bond donors (Lipinski definition) is 2. The van der Waals surface area contributed by atoms with Crippen molar-refractivity contribution >= 4 is 18.0 Å². The zero-order valence-electron chi connectivity index (χ0n) is 19.7. The Balaban J connectivity index is 2.41. The summed E-state index contributed by atoms with van der Waals surface area (Å²) in [6.07, 6.45) is -0.671. The molecule has 0 aromatic heterocycles. The molecule has 178 valence electrons. The zero-order valence-corrected chi connectivity index (χ0v) is 19.7. The summed E-state index contributed by atoms with van der Waals surface area (Å²) in [5.41, 5.74) is 4.41. The number of nitrogens with one attached hydrogen (secondary N) is 1. The van der Waals surface area contributed by atoms with Gasteiger partial charge in [-0.1, -0.05) is 60.2 Å². The number of nitrogens with zero attached hydrogens (tertiary/aromatic N) is 1. The monoisotopic (exact) mass is 456 g/mol. The van der Waals surface area contributed by atoms with Crippen molar-refractivity contribution in [2.24, 2.45) is 0 Å². The molecule has 0 aliphatic heterocycles. The van der Waals surface area contributed by atoms with Crippen molar-refractivity contribution in [3.63, 3.8) is 0 Å². The summed E-state index contributed by atoms with van der Waals surface area (Å²) >= 11 is 0. The van der Waals surface area contributed by atoms with E-state index in [1.54, 1.807) is 20.8 Å². The van der Waals surface area contributed by atoms with Crippen LogP contribution >= 0.6 is 0 Å². The Morgan fingerprint density at radius 2 is 1.64 bits per heavy atom. The minimum absolute atomic E-state index is 0.0928. The van der Waals surface area contributed by atoms with E-state index in [0.29, 0.717) is 0 Å². The van der Waals surface area contributed by atoms with Gasteiger partial charge < -0.3 is 14.6 Å². The molecule has 0 radical (unpaired) electrons. The third-order valence-electron chi connectivity index (χ3n) is 4.76. The number of hydrogen-bond acceptors (Lipinski definition) is 6. The first kappa shape index (κ1) is 25.9. The first-order valence-corrected chi connectivity index (χ1v) is 10.7. The molecule has 2 rings (SSSR count). The topological polar surface area (TPSA) is 105 Å². The number of carboxylic acid groups (broad SMARTS) is 1. The molecule has 2 aromatic carbocycles. The maximum absolute atomic E-state index is 13.1. The highest BCUT2D eigenvalue weighted by Gasteiger charge is 2.37. The standard InChI is InChI=1S/C25H32N2O6/c1-17-10-9-13-19(14-17)15-20(22(28)29)26-27(24(31)33-25(2,3)4)21(23(30)32-5)16-18-11-7-6-8-12-18/h6-14,20-21,26H,15-16H2,1-5H3,(H,28,29)/t20-,21-/m0/s1. The van der Waals surface area contributed by atoms with Gasteiger partial charge in [-0.2, -0.15) is 0 Å². The Bertz CT molecular complexity index is 955. The quantitative estimate of drug-likeness (QED) is 0.439. The lowest BCUT2D eigenvalue weighted by atomic mass is 10.0. The maximum Gasteiger partial charge on any atom is 0.425 e. The van der Waals surface area contributed by atoms with Gasteiger partial charge in [-0.25, -0.2) is 20.0 Å². The van der Waals surface area contributed by atoms with Crippen molar-refractivity contribution in [3.05, 3.63) is 71.3 Å². The third-order valence-corrected chi connectivity index (χ3v) is 4.76. The second-order valence-electron chi connectivity index (χ2n) is 8.79. The second-order valence-corrected chi connectivity index (χ2v) is 8.79. The summed E-state index contributed by atoms with van der Waals surface area (Å²) in [5, 5.41) is 10.8. The number of rotatable bonds is 9. The second kappa shape index (κ2) is 11.5. The molecule has 33 heavy (non-hydrogen) atoms. The minimum atomic E-state index is -1.19. The van der Waals surface area contributed by atoms with Crippen LogP contribution in [0.4, 0.5) is 4.79 Å². The third kappa shape index (κ3) is 8.23. The Hall–Kier alpha value is -3.39. The van der Waals surface area contributed by atoms with Crippen LogP contribution in [0, 0.1) is 6.92 Å². The highest BCUT2D eigenvalue weighted by atomic mass is 16.6. The van der Waals surface area contributed by atoms with Gasteiger partial charge in [0.25, 0.3) is 0 Å². The SMILES string of the molecule is COC(=O)[C@H](Cc1ccccc1)N(N[C@@H](Cc1cccc(C)c1)C(=O)O)C(=O)OC(C)(C)C. The van der Waals surface area contributed by atoms with Gasteiger partial charge in [0.1, 0.15) is 11.6 Å². The molecule has 2 aromatic rings. The largest absolute Gasteiger partial charge is 0.480 e. The van der Waals surface area contributed by atoms with Crippen LogP contribution in [0.15, 0.2) is 54.6 Å².